The molecule has 7 heteroatoms. The third-order valence-corrected chi connectivity index (χ3v) is 5.25. The molecule has 1 aliphatic rings. The smallest absolute Gasteiger partial charge is 0.253 e. The van der Waals surface area contributed by atoms with Crippen molar-refractivity contribution in [1.82, 2.24) is 9.88 Å². The number of carbonyl (C=O) groups excluding carboxylic acids is 1. The van der Waals surface area contributed by atoms with Crippen molar-refractivity contribution >= 4 is 11.8 Å². The summed E-state index contributed by atoms with van der Waals surface area (Å²) in [5.74, 6) is 1.64. The molecule has 3 aromatic rings. The number of anilines is 1. The number of aromatic nitrogens is 1. The maximum atomic E-state index is 12.8. The van der Waals surface area contributed by atoms with Gasteiger partial charge in [-0.2, -0.15) is 10.2 Å². The summed E-state index contributed by atoms with van der Waals surface area (Å²) in [6, 6.07) is 17.2. The lowest BCUT2D eigenvalue weighted by molar-refractivity contribution is 0.0745. The zero-order chi connectivity index (χ0) is 21.8. The quantitative estimate of drug-likeness (QED) is 0.628. The number of hydrogen-bond donors (Lipinski definition) is 0. The first-order valence-electron chi connectivity index (χ1n) is 10.3. The van der Waals surface area contributed by atoms with E-state index in [9.17, 15) is 10.1 Å². The lowest BCUT2D eigenvalue weighted by atomic mass is 10.1. The number of amides is 1. The van der Waals surface area contributed by atoms with Gasteiger partial charge in [0.25, 0.3) is 5.91 Å². The van der Waals surface area contributed by atoms with Crippen LogP contribution in [-0.2, 0) is 0 Å². The fourth-order valence-electron chi connectivity index (χ4n) is 3.66. The molecule has 0 aliphatic carbocycles. The minimum atomic E-state index is 0.0245. The van der Waals surface area contributed by atoms with Crippen LogP contribution in [0.4, 0.5) is 5.88 Å². The van der Waals surface area contributed by atoms with Gasteiger partial charge in [0.15, 0.2) is 0 Å². The molecule has 1 saturated heterocycles. The topological polar surface area (TPSA) is 82.6 Å². The largest absolute Gasteiger partial charge is 0.494 e. The molecule has 4 rings (SSSR count). The Hall–Kier alpha value is -3.79. The zero-order valence-electron chi connectivity index (χ0n) is 17.7. The van der Waals surface area contributed by atoms with Crippen molar-refractivity contribution in [3.8, 4) is 23.3 Å². The summed E-state index contributed by atoms with van der Waals surface area (Å²) in [5, 5.41) is 9.55. The third-order valence-electron chi connectivity index (χ3n) is 5.25. The average Bonchev–Trinajstić information content (AvgIpc) is 3.24. The molecule has 2 aromatic carbocycles. The van der Waals surface area contributed by atoms with Gasteiger partial charge in [-0.15, -0.1) is 0 Å². The van der Waals surface area contributed by atoms with E-state index in [1.54, 1.807) is 0 Å². The van der Waals surface area contributed by atoms with E-state index >= 15 is 0 Å². The molecule has 158 valence electrons. The molecule has 1 amide bonds. The number of aryl methyl sites for hydroxylation is 1. The number of ether oxygens (including phenoxy) is 1. The Morgan fingerprint density at radius 2 is 1.90 bits per heavy atom. The predicted molar refractivity (Wildman–Crippen MR) is 117 cm³/mol. The third kappa shape index (κ3) is 4.38. The number of oxazole rings is 1. The second-order valence-corrected chi connectivity index (χ2v) is 7.39. The molecule has 31 heavy (non-hydrogen) atoms. The van der Waals surface area contributed by atoms with Crippen LogP contribution in [0.1, 0.15) is 28.5 Å². The molecular formula is C24H24N4O3. The molecule has 1 fully saturated rings. The van der Waals surface area contributed by atoms with Crippen molar-refractivity contribution in [2.24, 2.45) is 0 Å². The minimum Gasteiger partial charge on any atom is -0.494 e. The summed E-state index contributed by atoms with van der Waals surface area (Å²) in [6.45, 7) is 6.76. The first kappa shape index (κ1) is 20.5. The molecule has 0 unspecified atom stereocenters. The van der Waals surface area contributed by atoms with Crippen LogP contribution in [-0.4, -0.2) is 48.6 Å². The van der Waals surface area contributed by atoms with Crippen molar-refractivity contribution in [3.63, 3.8) is 0 Å². The molecule has 2 heterocycles. The molecule has 1 aliphatic heterocycles. The Morgan fingerprint density at radius 3 is 2.55 bits per heavy atom. The molecule has 0 atom stereocenters. The van der Waals surface area contributed by atoms with Crippen LogP contribution in [0.2, 0.25) is 0 Å². The lowest BCUT2D eigenvalue weighted by Gasteiger charge is -2.34. The van der Waals surface area contributed by atoms with E-state index < -0.39 is 0 Å². The fraction of sp³-hybridized carbons (Fsp3) is 0.292. The molecule has 0 spiro atoms. The maximum absolute atomic E-state index is 12.8. The van der Waals surface area contributed by atoms with Gasteiger partial charge < -0.3 is 19.0 Å². The normalized spacial score (nSPS) is 13.7. The minimum absolute atomic E-state index is 0.0245. The predicted octanol–water partition coefficient (Wildman–Crippen LogP) is 3.88. The maximum Gasteiger partial charge on any atom is 0.253 e. The molecule has 0 saturated carbocycles. The molecule has 1 aromatic heterocycles. The van der Waals surface area contributed by atoms with E-state index in [1.165, 1.54) is 0 Å². The van der Waals surface area contributed by atoms with Crippen LogP contribution in [0.25, 0.3) is 11.5 Å². The van der Waals surface area contributed by atoms with E-state index in [0.29, 0.717) is 50.1 Å². The van der Waals surface area contributed by atoms with Crippen molar-refractivity contribution in [3.05, 3.63) is 65.4 Å². The summed E-state index contributed by atoms with van der Waals surface area (Å²) in [7, 11) is 0. The summed E-state index contributed by atoms with van der Waals surface area (Å²) in [5.41, 5.74) is 2.79. The average molecular weight is 416 g/mol. The van der Waals surface area contributed by atoms with Crippen LogP contribution in [0.5, 0.6) is 5.75 Å². The highest BCUT2D eigenvalue weighted by molar-refractivity contribution is 5.94. The van der Waals surface area contributed by atoms with E-state index in [0.717, 1.165) is 16.9 Å². The Balaban J connectivity index is 1.47. The Morgan fingerprint density at radius 1 is 1.16 bits per heavy atom. The summed E-state index contributed by atoms with van der Waals surface area (Å²) in [6.07, 6.45) is 0. The first-order chi connectivity index (χ1) is 15.1. The van der Waals surface area contributed by atoms with Crippen LogP contribution in [0, 0.1) is 18.3 Å². The number of hydrogen-bond acceptors (Lipinski definition) is 6. The lowest BCUT2D eigenvalue weighted by Crippen LogP contribution is -2.48. The van der Waals surface area contributed by atoms with Gasteiger partial charge in [-0.05, 0) is 50.2 Å². The van der Waals surface area contributed by atoms with Gasteiger partial charge in [0.2, 0.25) is 17.5 Å². The number of nitrogens with zero attached hydrogens (tertiary/aromatic N) is 4. The standard InChI is InChI=1S/C24H24N4O3/c1-3-30-20-9-7-18(8-10-20)22-26-21(16-25)24(31-22)28-13-11-27(12-14-28)23(29)19-6-4-5-17(2)15-19/h4-10,15H,3,11-14H2,1-2H3. The molecule has 0 N–H and O–H groups in total. The van der Waals surface area contributed by atoms with Crippen LogP contribution >= 0.6 is 0 Å². The monoisotopic (exact) mass is 416 g/mol. The number of nitriles is 1. The number of rotatable bonds is 5. The second kappa shape index (κ2) is 8.92. The molecule has 0 bridgehead atoms. The van der Waals surface area contributed by atoms with E-state index in [2.05, 4.69) is 11.1 Å². The molecule has 7 nitrogen and oxygen atoms in total. The van der Waals surface area contributed by atoms with Gasteiger partial charge >= 0.3 is 0 Å². The molecule has 0 radical (unpaired) electrons. The number of carbonyl (C=O) groups is 1. The van der Waals surface area contributed by atoms with E-state index in [4.69, 9.17) is 9.15 Å². The van der Waals surface area contributed by atoms with Crippen molar-refractivity contribution in [1.29, 1.82) is 5.26 Å². The van der Waals surface area contributed by atoms with Crippen LogP contribution in [0.15, 0.2) is 52.9 Å². The van der Waals surface area contributed by atoms with Gasteiger partial charge in [-0.3, -0.25) is 4.79 Å². The van der Waals surface area contributed by atoms with Crippen LogP contribution in [0.3, 0.4) is 0 Å². The fourth-order valence-corrected chi connectivity index (χ4v) is 3.66. The SMILES string of the molecule is CCOc1ccc(-c2nc(C#N)c(N3CCN(C(=O)c4cccc(C)c4)CC3)o2)cc1. The Kier molecular flexibility index (Phi) is 5.89. The Bertz CT molecular complexity index is 1110. The highest BCUT2D eigenvalue weighted by Gasteiger charge is 2.27. The number of benzene rings is 2. The van der Waals surface area contributed by atoms with Gasteiger partial charge in [-0.25, -0.2) is 0 Å². The van der Waals surface area contributed by atoms with Crippen molar-refractivity contribution in [2.75, 3.05) is 37.7 Å². The summed E-state index contributed by atoms with van der Waals surface area (Å²) < 4.78 is 11.4. The molecular weight excluding hydrogens is 392 g/mol. The van der Waals surface area contributed by atoms with Gasteiger partial charge in [0.1, 0.15) is 11.8 Å². The highest BCUT2D eigenvalue weighted by atomic mass is 16.5. The van der Waals surface area contributed by atoms with E-state index in [1.807, 2.05) is 72.2 Å². The second-order valence-electron chi connectivity index (χ2n) is 7.39. The van der Waals surface area contributed by atoms with Gasteiger partial charge in [-0.1, -0.05) is 17.7 Å². The van der Waals surface area contributed by atoms with Gasteiger partial charge in [0, 0.05) is 37.3 Å². The zero-order valence-corrected chi connectivity index (χ0v) is 17.7. The van der Waals surface area contributed by atoms with Gasteiger partial charge in [0.05, 0.1) is 6.61 Å². The summed E-state index contributed by atoms with van der Waals surface area (Å²) in [4.78, 5) is 21.0. The van der Waals surface area contributed by atoms with Crippen LogP contribution < -0.4 is 9.64 Å². The Labute approximate surface area is 181 Å². The van der Waals surface area contributed by atoms with Crippen molar-refractivity contribution < 1.29 is 13.9 Å². The van der Waals surface area contributed by atoms with E-state index in [-0.39, 0.29) is 11.6 Å². The highest BCUT2D eigenvalue weighted by Crippen LogP contribution is 2.30. The van der Waals surface area contributed by atoms with Crippen molar-refractivity contribution in [2.45, 2.75) is 13.8 Å². The number of piperazine rings is 1. The first-order valence-corrected chi connectivity index (χ1v) is 10.3. The summed E-state index contributed by atoms with van der Waals surface area (Å²) >= 11 is 0.